The van der Waals surface area contributed by atoms with Crippen LogP contribution in [0.15, 0.2) is 53.4 Å². The van der Waals surface area contributed by atoms with Gasteiger partial charge < -0.3 is 14.8 Å². The summed E-state index contributed by atoms with van der Waals surface area (Å²) in [7, 11) is 3.86. The van der Waals surface area contributed by atoms with Crippen LogP contribution in [0.1, 0.15) is 48.3 Å². The molecule has 1 aliphatic carbocycles. The first-order valence-electron chi connectivity index (χ1n) is 11.2. The van der Waals surface area contributed by atoms with Gasteiger partial charge >= 0.3 is 0 Å². The summed E-state index contributed by atoms with van der Waals surface area (Å²) in [5.41, 5.74) is 2.54. The van der Waals surface area contributed by atoms with Gasteiger partial charge in [0.05, 0.1) is 28.9 Å². The molecule has 1 N–H and O–H groups in total. The predicted octanol–water partition coefficient (Wildman–Crippen LogP) is 4.39. The first-order valence-corrected chi connectivity index (χ1v) is 12.2. The minimum absolute atomic E-state index is 0.122. The van der Waals surface area contributed by atoms with Gasteiger partial charge in [-0.2, -0.15) is 0 Å². The molecular formula is C25H30N4O2S. The molecule has 4 rings (SSSR count). The topological polar surface area (TPSA) is 67.2 Å². The highest BCUT2D eigenvalue weighted by molar-refractivity contribution is 8.00. The summed E-state index contributed by atoms with van der Waals surface area (Å²) in [4.78, 5) is 33.0. The quantitative estimate of drug-likeness (QED) is 0.542. The highest BCUT2D eigenvalue weighted by Crippen LogP contribution is 2.26. The summed E-state index contributed by atoms with van der Waals surface area (Å²) in [6.45, 7) is 0.340. The molecule has 0 spiro atoms. The number of carbonyl (C=O) groups is 2. The molecule has 32 heavy (non-hydrogen) atoms. The lowest BCUT2D eigenvalue weighted by atomic mass is 9.94. The van der Waals surface area contributed by atoms with E-state index >= 15 is 0 Å². The van der Waals surface area contributed by atoms with E-state index in [9.17, 15) is 9.59 Å². The molecule has 0 radical (unpaired) electrons. The summed E-state index contributed by atoms with van der Waals surface area (Å²) < 4.78 is 2.00. The molecule has 0 bridgehead atoms. The normalized spacial score (nSPS) is 14.4. The van der Waals surface area contributed by atoms with Gasteiger partial charge in [-0.3, -0.25) is 9.59 Å². The summed E-state index contributed by atoms with van der Waals surface area (Å²) in [5, 5.41) is 2.99. The summed E-state index contributed by atoms with van der Waals surface area (Å²) in [5.74, 6) is 1.10. The van der Waals surface area contributed by atoms with Crippen molar-refractivity contribution in [2.24, 2.45) is 7.05 Å². The number of thioether (sulfide) groups is 1. The Hall–Kier alpha value is -2.80. The van der Waals surface area contributed by atoms with Crippen molar-refractivity contribution in [3.8, 4) is 0 Å². The number of amides is 2. The maximum Gasteiger partial charge on any atom is 0.252 e. The summed E-state index contributed by atoms with van der Waals surface area (Å²) >= 11 is 1.43. The van der Waals surface area contributed by atoms with Crippen LogP contribution in [0.2, 0.25) is 0 Å². The molecule has 0 aliphatic heterocycles. The Labute approximate surface area is 193 Å². The van der Waals surface area contributed by atoms with Crippen molar-refractivity contribution in [2.75, 3.05) is 12.8 Å². The average molecular weight is 451 g/mol. The smallest absolute Gasteiger partial charge is 0.252 e. The number of para-hydroxylation sites is 2. The van der Waals surface area contributed by atoms with Crippen molar-refractivity contribution in [2.45, 2.75) is 49.6 Å². The molecule has 0 saturated heterocycles. The van der Waals surface area contributed by atoms with Crippen molar-refractivity contribution in [3.63, 3.8) is 0 Å². The highest BCUT2D eigenvalue weighted by atomic mass is 32.2. The molecule has 0 unspecified atom stereocenters. The van der Waals surface area contributed by atoms with Crippen molar-refractivity contribution in [1.82, 2.24) is 19.8 Å². The van der Waals surface area contributed by atoms with Gasteiger partial charge in [0.1, 0.15) is 5.82 Å². The maximum atomic E-state index is 12.9. The Morgan fingerprint density at radius 1 is 1.09 bits per heavy atom. The first kappa shape index (κ1) is 22.4. The Kier molecular flexibility index (Phi) is 7.15. The fourth-order valence-electron chi connectivity index (χ4n) is 4.30. The third-order valence-electron chi connectivity index (χ3n) is 6.29. The van der Waals surface area contributed by atoms with Crippen molar-refractivity contribution in [3.05, 3.63) is 59.9 Å². The van der Waals surface area contributed by atoms with Crippen LogP contribution in [0, 0.1) is 0 Å². The number of aromatic nitrogens is 2. The number of aryl methyl sites for hydroxylation is 1. The van der Waals surface area contributed by atoms with Crippen molar-refractivity contribution < 1.29 is 9.59 Å². The molecule has 3 aromatic rings. The van der Waals surface area contributed by atoms with Gasteiger partial charge in [0, 0.05) is 25.0 Å². The van der Waals surface area contributed by atoms with Crippen LogP contribution in [-0.4, -0.2) is 45.1 Å². The number of hydrogen-bond donors (Lipinski definition) is 1. The van der Waals surface area contributed by atoms with E-state index in [0.717, 1.165) is 34.6 Å². The van der Waals surface area contributed by atoms with E-state index in [4.69, 9.17) is 0 Å². The Balaban J connectivity index is 1.38. The van der Waals surface area contributed by atoms with Crippen LogP contribution in [0.4, 0.5) is 0 Å². The second kappa shape index (κ2) is 10.2. The Bertz CT molecular complexity index is 1100. The molecule has 1 aliphatic rings. The molecule has 7 heteroatoms. The molecular weight excluding hydrogens is 420 g/mol. The van der Waals surface area contributed by atoms with Gasteiger partial charge in [-0.15, -0.1) is 11.8 Å². The van der Waals surface area contributed by atoms with Crippen LogP contribution in [0.5, 0.6) is 0 Å². The van der Waals surface area contributed by atoms with E-state index in [-0.39, 0.29) is 11.8 Å². The zero-order chi connectivity index (χ0) is 22.5. The van der Waals surface area contributed by atoms with Gasteiger partial charge in [0.25, 0.3) is 5.91 Å². The van der Waals surface area contributed by atoms with Gasteiger partial charge in [0.2, 0.25) is 5.91 Å². The molecule has 168 valence electrons. The second-order valence-corrected chi connectivity index (χ2v) is 9.36. The lowest BCUT2D eigenvalue weighted by molar-refractivity contribution is -0.129. The average Bonchev–Trinajstić information content (AvgIpc) is 3.16. The molecule has 1 heterocycles. The Morgan fingerprint density at radius 3 is 2.59 bits per heavy atom. The number of hydrogen-bond acceptors (Lipinski definition) is 4. The zero-order valence-electron chi connectivity index (χ0n) is 18.7. The molecule has 1 saturated carbocycles. The Morgan fingerprint density at radius 2 is 1.81 bits per heavy atom. The number of rotatable bonds is 7. The molecule has 1 fully saturated rings. The minimum atomic E-state index is -0.159. The summed E-state index contributed by atoms with van der Waals surface area (Å²) in [6.07, 6.45) is 5.85. The van der Waals surface area contributed by atoms with Crippen molar-refractivity contribution in [1.29, 1.82) is 0 Å². The van der Waals surface area contributed by atoms with E-state index in [2.05, 4.69) is 10.3 Å². The highest BCUT2D eigenvalue weighted by Gasteiger charge is 2.22. The van der Waals surface area contributed by atoms with Gasteiger partial charge in [-0.05, 0) is 37.1 Å². The van der Waals surface area contributed by atoms with E-state index in [0.29, 0.717) is 23.9 Å². The van der Waals surface area contributed by atoms with E-state index in [1.54, 1.807) is 0 Å². The first-order chi connectivity index (χ1) is 15.5. The molecule has 6 nitrogen and oxygen atoms in total. The largest absolute Gasteiger partial charge is 0.345 e. The number of fused-ring (bicyclic) bond motifs is 1. The third kappa shape index (κ3) is 4.99. The summed E-state index contributed by atoms with van der Waals surface area (Å²) in [6, 6.07) is 15.7. The van der Waals surface area contributed by atoms with Gasteiger partial charge in [-0.25, -0.2) is 4.98 Å². The number of nitrogens with one attached hydrogen (secondary N) is 1. The fraction of sp³-hybridized carbons (Fsp3) is 0.400. The van der Waals surface area contributed by atoms with E-state index in [1.165, 1.54) is 31.0 Å². The van der Waals surface area contributed by atoms with Crippen LogP contribution in [-0.2, 0) is 18.4 Å². The molecule has 2 amide bonds. The molecule has 1 aromatic heterocycles. The SMILES string of the molecule is CN(C(=O)CSc1ccccc1C(=O)NCc1nc2ccccc2n1C)C1CCCCC1. The zero-order valence-corrected chi connectivity index (χ0v) is 19.5. The number of nitrogens with zero attached hydrogens (tertiary/aromatic N) is 3. The fourth-order valence-corrected chi connectivity index (χ4v) is 5.28. The minimum Gasteiger partial charge on any atom is -0.345 e. The van der Waals surface area contributed by atoms with Crippen LogP contribution >= 0.6 is 11.8 Å². The monoisotopic (exact) mass is 450 g/mol. The standard InChI is InChI=1S/C25H30N4O2S/c1-28(18-10-4-3-5-11-18)24(30)17-32-22-15-9-6-12-19(22)25(31)26-16-23-27-20-13-7-8-14-21(20)29(23)2/h6-9,12-15,18H,3-5,10-11,16-17H2,1-2H3,(H,26,31). The van der Waals surface area contributed by atoms with E-state index < -0.39 is 0 Å². The van der Waals surface area contributed by atoms with Crippen LogP contribution in [0.25, 0.3) is 11.0 Å². The number of benzene rings is 2. The van der Waals surface area contributed by atoms with E-state index in [1.807, 2.05) is 72.1 Å². The number of imidazole rings is 1. The van der Waals surface area contributed by atoms with Gasteiger partial charge in [-0.1, -0.05) is 43.5 Å². The molecule has 0 atom stereocenters. The lowest BCUT2D eigenvalue weighted by Crippen LogP contribution is -2.39. The molecule has 2 aromatic carbocycles. The number of carbonyl (C=O) groups excluding carboxylic acids is 2. The van der Waals surface area contributed by atoms with Crippen LogP contribution < -0.4 is 5.32 Å². The third-order valence-corrected chi connectivity index (χ3v) is 7.34. The second-order valence-electron chi connectivity index (χ2n) is 8.34. The van der Waals surface area contributed by atoms with Gasteiger partial charge in [0.15, 0.2) is 0 Å². The maximum absolute atomic E-state index is 12.9. The van der Waals surface area contributed by atoms with Crippen molar-refractivity contribution >= 4 is 34.6 Å². The van der Waals surface area contributed by atoms with Crippen LogP contribution in [0.3, 0.4) is 0 Å². The lowest BCUT2D eigenvalue weighted by Gasteiger charge is -2.31. The predicted molar refractivity (Wildman–Crippen MR) is 129 cm³/mol.